The van der Waals surface area contributed by atoms with Crippen molar-refractivity contribution in [2.24, 2.45) is 0 Å². The second-order valence-electron chi connectivity index (χ2n) is 4.09. The molecule has 18 heavy (non-hydrogen) atoms. The number of halogens is 1. The third-order valence-electron chi connectivity index (χ3n) is 2.66. The van der Waals surface area contributed by atoms with Gasteiger partial charge >= 0.3 is 0 Å². The molecule has 0 aliphatic carbocycles. The fourth-order valence-electron chi connectivity index (χ4n) is 1.59. The first kappa shape index (κ1) is 12.2. The Morgan fingerprint density at radius 2 is 1.72 bits per heavy atom. The number of hydrogen-bond acceptors (Lipinski definition) is 1. The van der Waals surface area contributed by atoms with Crippen LogP contribution in [0, 0.1) is 12.7 Å². The van der Waals surface area contributed by atoms with Crippen LogP contribution in [0.1, 0.15) is 21.5 Å². The van der Waals surface area contributed by atoms with Gasteiger partial charge in [-0.05, 0) is 25.1 Å². The van der Waals surface area contributed by atoms with E-state index in [1.807, 2.05) is 19.1 Å². The number of carbonyl (C=O) groups is 1. The van der Waals surface area contributed by atoms with Gasteiger partial charge in [0.2, 0.25) is 0 Å². The van der Waals surface area contributed by atoms with Gasteiger partial charge in [-0.1, -0.05) is 48.0 Å². The summed E-state index contributed by atoms with van der Waals surface area (Å²) in [5.41, 5.74) is 2.12. The first-order chi connectivity index (χ1) is 8.66. The van der Waals surface area contributed by atoms with E-state index in [2.05, 4.69) is 0 Å². The van der Waals surface area contributed by atoms with Crippen LogP contribution in [0.15, 0.2) is 54.6 Å². The molecule has 0 heterocycles. The molecule has 0 unspecified atom stereocenters. The van der Waals surface area contributed by atoms with Crippen molar-refractivity contribution in [3.63, 3.8) is 0 Å². The maximum absolute atomic E-state index is 13.3. The van der Waals surface area contributed by atoms with Gasteiger partial charge in [-0.15, -0.1) is 0 Å². The highest BCUT2D eigenvalue weighted by atomic mass is 19.1. The molecule has 0 saturated heterocycles. The van der Waals surface area contributed by atoms with Crippen LogP contribution >= 0.6 is 0 Å². The first-order valence-corrected chi connectivity index (χ1v) is 5.70. The predicted molar refractivity (Wildman–Crippen MR) is 70.9 cm³/mol. The maximum Gasteiger partial charge on any atom is 0.185 e. The Hall–Kier alpha value is -2.22. The van der Waals surface area contributed by atoms with Gasteiger partial charge < -0.3 is 0 Å². The molecular formula is C16H13FO. The lowest BCUT2D eigenvalue weighted by atomic mass is 10.1. The van der Waals surface area contributed by atoms with Crippen molar-refractivity contribution >= 4 is 11.9 Å². The molecule has 0 spiro atoms. The van der Waals surface area contributed by atoms with Crippen LogP contribution in [0.25, 0.3) is 6.08 Å². The molecule has 0 amide bonds. The average Bonchev–Trinajstić information content (AvgIpc) is 2.38. The molecule has 90 valence electrons. The van der Waals surface area contributed by atoms with Gasteiger partial charge in [-0.2, -0.15) is 0 Å². The fourth-order valence-corrected chi connectivity index (χ4v) is 1.59. The summed E-state index contributed by atoms with van der Waals surface area (Å²) in [6.45, 7) is 1.96. The maximum atomic E-state index is 13.3. The molecule has 0 N–H and O–H groups in total. The first-order valence-electron chi connectivity index (χ1n) is 5.70. The normalized spacial score (nSPS) is 10.8. The molecule has 0 fully saturated rings. The summed E-state index contributed by atoms with van der Waals surface area (Å²) in [6, 6.07) is 13.7. The van der Waals surface area contributed by atoms with Crippen molar-refractivity contribution in [3.05, 3.63) is 77.1 Å². The number of carbonyl (C=O) groups excluding carboxylic acids is 1. The summed E-state index contributed by atoms with van der Waals surface area (Å²) >= 11 is 0. The Morgan fingerprint density at radius 1 is 1.06 bits per heavy atom. The van der Waals surface area contributed by atoms with E-state index in [1.54, 1.807) is 30.3 Å². The Kier molecular flexibility index (Phi) is 3.68. The molecule has 0 atom stereocenters. The minimum absolute atomic E-state index is 0.127. The smallest absolute Gasteiger partial charge is 0.185 e. The van der Waals surface area contributed by atoms with Gasteiger partial charge in [-0.25, -0.2) is 4.39 Å². The Balaban J connectivity index is 2.17. The van der Waals surface area contributed by atoms with Crippen LogP contribution in [0.4, 0.5) is 4.39 Å². The summed E-state index contributed by atoms with van der Waals surface area (Å²) < 4.78 is 13.3. The average molecular weight is 240 g/mol. The van der Waals surface area contributed by atoms with E-state index in [0.717, 1.165) is 5.56 Å². The Bertz CT molecular complexity index is 582. The van der Waals surface area contributed by atoms with E-state index in [-0.39, 0.29) is 11.6 Å². The van der Waals surface area contributed by atoms with Gasteiger partial charge in [0.25, 0.3) is 0 Å². The van der Waals surface area contributed by atoms with Gasteiger partial charge in [0, 0.05) is 11.1 Å². The number of ketones is 1. The monoisotopic (exact) mass is 240 g/mol. The van der Waals surface area contributed by atoms with Gasteiger partial charge in [-0.3, -0.25) is 4.79 Å². The Labute approximate surface area is 106 Å². The molecule has 1 nitrogen and oxygen atoms in total. The molecule has 0 aliphatic heterocycles. The topological polar surface area (TPSA) is 17.1 Å². The molecule has 0 bridgehead atoms. The lowest BCUT2D eigenvalue weighted by Gasteiger charge is -1.97. The van der Waals surface area contributed by atoms with Crippen LogP contribution in [0.5, 0.6) is 0 Å². The predicted octanol–water partition coefficient (Wildman–Crippen LogP) is 4.03. The zero-order chi connectivity index (χ0) is 13.0. The third-order valence-corrected chi connectivity index (χ3v) is 2.66. The lowest BCUT2D eigenvalue weighted by Crippen LogP contribution is -1.94. The number of aryl methyl sites for hydroxylation is 1. The second-order valence-corrected chi connectivity index (χ2v) is 4.09. The number of rotatable bonds is 3. The molecule has 0 saturated carbocycles. The highest BCUT2D eigenvalue weighted by molar-refractivity contribution is 6.06. The zero-order valence-corrected chi connectivity index (χ0v) is 10.1. The molecule has 0 radical (unpaired) electrons. The van der Waals surface area contributed by atoms with E-state index in [9.17, 15) is 9.18 Å². The molecule has 2 heteroatoms. The van der Waals surface area contributed by atoms with Gasteiger partial charge in [0.15, 0.2) is 5.78 Å². The molecule has 2 aromatic carbocycles. The largest absolute Gasteiger partial charge is 0.289 e. The van der Waals surface area contributed by atoms with Gasteiger partial charge in [0.1, 0.15) is 5.82 Å². The zero-order valence-electron chi connectivity index (χ0n) is 10.1. The van der Waals surface area contributed by atoms with E-state index in [1.165, 1.54) is 18.2 Å². The minimum Gasteiger partial charge on any atom is -0.289 e. The SMILES string of the molecule is Cc1ccc(C(=O)C=Cc2ccccc2F)cc1. The molecule has 2 rings (SSSR count). The quantitative estimate of drug-likeness (QED) is 0.584. The van der Waals surface area contributed by atoms with Crippen molar-refractivity contribution in [1.82, 2.24) is 0 Å². The second kappa shape index (κ2) is 5.41. The molecule has 0 aromatic heterocycles. The minimum atomic E-state index is -0.328. The van der Waals surface area contributed by atoms with E-state index in [4.69, 9.17) is 0 Å². The summed E-state index contributed by atoms with van der Waals surface area (Å²) in [5, 5.41) is 0. The van der Waals surface area contributed by atoms with Crippen molar-refractivity contribution in [3.8, 4) is 0 Å². The summed E-state index contributed by atoms with van der Waals surface area (Å²) in [5.74, 6) is -0.455. The highest BCUT2D eigenvalue weighted by Gasteiger charge is 2.01. The van der Waals surface area contributed by atoms with Crippen LogP contribution in [0.3, 0.4) is 0 Å². The fraction of sp³-hybridized carbons (Fsp3) is 0.0625. The third kappa shape index (κ3) is 2.92. The highest BCUT2D eigenvalue weighted by Crippen LogP contribution is 2.10. The molecule has 0 aliphatic rings. The summed E-state index contributed by atoms with van der Waals surface area (Å²) in [6.07, 6.45) is 2.89. The van der Waals surface area contributed by atoms with E-state index in [0.29, 0.717) is 11.1 Å². The number of benzene rings is 2. The summed E-state index contributed by atoms with van der Waals surface area (Å²) in [4.78, 5) is 11.8. The summed E-state index contributed by atoms with van der Waals surface area (Å²) in [7, 11) is 0. The van der Waals surface area contributed by atoms with Crippen molar-refractivity contribution in [2.75, 3.05) is 0 Å². The van der Waals surface area contributed by atoms with E-state index >= 15 is 0 Å². The van der Waals surface area contributed by atoms with Crippen molar-refractivity contribution < 1.29 is 9.18 Å². The van der Waals surface area contributed by atoms with Gasteiger partial charge in [0.05, 0.1) is 0 Å². The van der Waals surface area contributed by atoms with Crippen LogP contribution in [0.2, 0.25) is 0 Å². The number of allylic oxidation sites excluding steroid dienone is 1. The van der Waals surface area contributed by atoms with Crippen LogP contribution < -0.4 is 0 Å². The standard InChI is InChI=1S/C16H13FO/c1-12-6-8-14(9-7-12)16(18)11-10-13-4-2-3-5-15(13)17/h2-11H,1H3. The van der Waals surface area contributed by atoms with Crippen molar-refractivity contribution in [2.45, 2.75) is 6.92 Å². The molecule has 2 aromatic rings. The lowest BCUT2D eigenvalue weighted by molar-refractivity contribution is 0.104. The molecular weight excluding hydrogens is 227 g/mol. The van der Waals surface area contributed by atoms with E-state index < -0.39 is 0 Å². The van der Waals surface area contributed by atoms with Crippen molar-refractivity contribution in [1.29, 1.82) is 0 Å². The van der Waals surface area contributed by atoms with Crippen LogP contribution in [-0.2, 0) is 0 Å². The Morgan fingerprint density at radius 3 is 2.39 bits per heavy atom. The van der Waals surface area contributed by atoms with Crippen LogP contribution in [-0.4, -0.2) is 5.78 Å². The number of hydrogen-bond donors (Lipinski definition) is 0.